The number of aromatic amines is 1. The number of nitrogens with two attached hydrogens (primary N) is 1. The first kappa shape index (κ1) is 14.0. The van der Waals surface area contributed by atoms with E-state index in [1.54, 1.807) is 0 Å². The zero-order valence-electron chi connectivity index (χ0n) is 11.0. The number of hydrogen-bond donors (Lipinski definition) is 4. The van der Waals surface area contributed by atoms with Gasteiger partial charge in [-0.3, -0.25) is 16.1 Å². The Hall–Kier alpha value is -2.94. The van der Waals surface area contributed by atoms with Crippen molar-refractivity contribution in [3.05, 3.63) is 53.4 Å². The first-order chi connectivity index (χ1) is 10.5. The van der Waals surface area contributed by atoms with Crippen molar-refractivity contribution in [2.45, 2.75) is 6.29 Å². The van der Waals surface area contributed by atoms with Crippen LogP contribution in [0.4, 0.5) is 14.5 Å². The lowest BCUT2D eigenvalue weighted by atomic mass is 10.2. The summed E-state index contributed by atoms with van der Waals surface area (Å²) in [5.74, 6) is -3.05. The molecule has 7 nitrogen and oxygen atoms in total. The van der Waals surface area contributed by atoms with E-state index in [1.165, 1.54) is 29.3 Å². The van der Waals surface area contributed by atoms with Crippen molar-refractivity contribution in [1.29, 1.82) is 0 Å². The Bertz CT molecular complexity index is 774. The highest BCUT2D eigenvalue weighted by Gasteiger charge is 2.31. The first-order valence-electron chi connectivity index (χ1n) is 6.23. The van der Waals surface area contributed by atoms with Gasteiger partial charge in [0.2, 0.25) is 0 Å². The molecule has 1 aliphatic heterocycles. The SMILES string of the molecule is NC1NN=C(c2c[nH]c(C(=O)O)c2)N1c1cccc(F)c1F. The molecule has 1 aromatic carbocycles. The minimum absolute atomic E-state index is 0.0576. The molecule has 0 bridgehead atoms. The summed E-state index contributed by atoms with van der Waals surface area (Å²) in [5.41, 5.74) is 8.57. The average molecular weight is 307 g/mol. The summed E-state index contributed by atoms with van der Waals surface area (Å²) < 4.78 is 27.4. The molecule has 1 aromatic heterocycles. The van der Waals surface area contributed by atoms with E-state index in [-0.39, 0.29) is 17.2 Å². The van der Waals surface area contributed by atoms with Crippen molar-refractivity contribution >= 4 is 17.5 Å². The lowest BCUT2D eigenvalue weighted by Gasteiger charge is -2.24. The summed E-state index contributed by atoms with van der Waals surface area (Å²) in [6.45, 7) is 0. The minimum atomic E-state index is -1.15. The maximum absolute atomic E-state index is 14.0. The Kier molecular flexibility index (Phi) is 3.26. The first-order valence-corrected chi connectivity index (χ1v) is 6.23. The molecule has 0 aliphatic carbocycles. The fourth-order valence-corrected chi connectivity index (χ4v) is 2.16. The van der Waals surface area contributed by atoms with Crippen molar-refractivity contribution in [2.75, 3.05) is 4.90 Å². The Morgan fingerprint density at radius 3 is 2.86 bits per heavy atom. The number of nitrogens with zero attached hydrogens (tertiary/aromatic N) is 2. The van der Waals surface area contributed by atoms with Gasteiger partial charge in [0.1, 0.15) is 5.69 Å². The number of carboxylic acid groups (broad SMARTS) is 1. The zero-order chi connectivity index (χ0) is 15.9. The molecule has 22 heavy (non-hydrogen) atoms. The lowest BCUT2D eigenvalue weighted by Crippen LogP contribution is -2.47. The number of amidine groups is 1. The van der Waals surface area contributed by atoms with Crippen molar-refractivity contribution in [3.63, 3.8) is 0 Å². The highest BCUT2D eigenvalue weighted by molar-refractivity contribution is 6.11. The molecule has 1 unspecified atom stereocenters. The second-order valence-corrected chi connectivity index (χ2v) is 4.56. The van der Waals surface area contributed by atoms with Gasteiger partial charge in [-0.2, -0.15) is 5.10 Å². The molecule has 0 radical (unpaired) electrons. The number of anilines is 1. The van der Waals surface area contributed by atoms with Crippen LogP contribution in [-0.2, 0) is 0 Å². The van der Waals surface area contributed by atoms with Gasteiger partial charge in [-0.05, 0) is 18.2 Å². The lowest BCUT2D eigenvalue weighted by molar-refractivity contribution is 0.0691. The number of halogens is 2. The molecular weight excluding hydrogens is 296 g/mol. The van der Waals surface area contributed by atoms with Gasteiger partial charge in [0.05, 0.1) is 5.69 Å². The molecule has 0 spiro atoms. The zero-order valence-corrected chi connectivity index (χ0v) is 11.0. The Balaban J connectivity index is 2.03. The van der Waals surface area contributed by atoms with Gasteiger partial charge in [0.15, 0.2) is 23.8 Å². The molecule has 0 saturated carbocycles. The summed E-state index contributed by atoms with van der Waals surface area (Å²) in [6, 6.07) is 5.01. The van der Waals surface area contributed by atoms with Crippen LogP contribution in [0, 0.1) is 11.6 Å². The summed E-state index contributed by atoms with van der Waals surface area (Å²) in [7, 11) is 0. The Morgan fingerprint density at radius 2 is 2.18 bits per heavy atom. The number of nitrogens with one attached hydrogen (secondary N) is 2. The molecule has 114 valence electrons. The number of carbonyl (C=O) groups is 1. The molecule has 3 rings (SSSR count). The van der Waals surface area contributed by atoms with Gasteiger partial charge >= 0.3 is 5.97 Å². The van der Waals surface area contributed by atoms with E-state index in [0.717, 1.165) is 6.07 Å². The second-order valence-electron chi connectivity index (χ2n) is 4.56. The van der Waals surface area contributed by atoms with Crippen LogP contribution < -0.4 is 16.1 Å². The second kappa shape index (κ2) is 5.11. The molecule has 1 atom stereocenters. The molecule has 0 saturated heterocycles. The number of benzene rings is 1. The largest absolute Gasteiger partial charge is 0.477 e. The molecule has 2 heterocycles. The van der Waals surface area contributed by atoms with E-state index >= 15 is 0 Å². The smallest absolute Gasteiger partial charge is 0.352 e. The molecule has 0 fully saturated rings. The Labute approximate surface area is 123 Å². The highest BCUT2D eigenvalue weighted by Crippen LogP contribution is 2.26. The molecule has 9 heteroatoms. The highest BCUT2D eigenvalue weighted by atomic mass is 19.2. The van der Waals surface area contributed by atoms with E-state index in [4.69, 9.17) is 10.8 Å². The topological polar surface area (TPSA) is 107 Å². The van der Waals surface area contributed by atoms with E-state index in [0.29, 0.717) is 5.56 Å². The summed E-state index contributed by atoms with van der Waals surface area (Å²) in [4.78, 5) is 14.7. The van der Waals surface area contributed by atoms with Gasteiger partial charge in [-0.25, -0.2) is 13.6 Å². The minimum Gasteiger partial charge on any atom is -0.477 e. The van der Waals surface area contributed by atoms with Crippen LogP contribution in [-0.4, -0.2) is 28.2 Å². The van der Waals surface area contributed by atoms with Crippen molar-refractivity contribution < 1.29 is 18.7 Å². The predicted octanol–water partition coefficient (Wildman–Crippen LogP) is 1.00. The average Bonchev–Trinajstić information content (AvgIpc) is 3.09. The number of hydrogen-bond acceptors (Lipinski definition) is 5. The van der Waals surface area contributed by atoms with Crippen molar-refractivity contribution in [2.24, 2.45) is 10.8 Å². The van der Waals surface area contributed by atoms with Gasteiger partial charge in [0, 0.05) is 11.8 Å². The fraction of sp³-hybridized carbons (Fsp3) is 0.0769. The number of aromatic carboxylic acids is 1. The van der Waals surface area contributed by atoms with Crippen LogP contribution in [0.3, 0.4) is 0 Å². The Morgan fingerprint density at radius 1 is 1.41 bits per heavy atom. The normalized spacial score (nSPS) is 17.3. The van der Waals surface area contributed by atoms with E-state index < -0.39 is 23.9 Å². The fourth-order valence-electron chi connectivity index (χ4n) is 2.16. The van der Waals surface area contributed by atoms with Gasteiger partial charge in [-0.15, -0.1) is 0 Å². The molecule has 2 aromatic rings. The summed E-state index contributed by atoms with van der Waals surface area (Å²) >= 11 is 0. The van der Waals surface area contributed by atoms with E-state index in [1.807, 2.05) is 0 Å². The number of H-pyrrole nitrogens is 1. The molecular formula is C13H11F2N5O2. The van der Waals surface area contributed by atoms with E-state index in [9.17, 15) is 13.6 Å². The van der Waals surface area contributed by atoms with Crippen molar-refractivity contribution in [1.82, 2.24) is 10.4 Å². The third-order valence-electron chi connectivity index (χ3n) is 3.17. The summed E-state index contributed by atoms with van der Waals surface area (Å²) in [6.07, 6.45) is 0.487. The van der Waals surface area contributed by atoms with Crippen molar-refractivity contribution in [3.8, 4) is 0 Å². The molecule has 0 amide bonds. The molecule has 5 N–H and O–H groups in total. The number of aromatic nitrogens is 1. The van der Waals surface area contributed by atoms with E-state index in [2.05, 4.69) is 15.5 Å². The quantitative estimate of drug-likeness (QED) is 0.677. The standard InChI is InChI=1S/C13H11F2N5O2/c14-7-2-1-3-9(10(7)15)20-11(18-19-13(20)16)6-4-8(12(21)22)17-5-6/h1-5,13,17,19H,16H2,(H,21,22). The summed E-state index contributed by atoms with van der Waals surface area (Å²) in [5, 5.41) is 12.9. The van der Waals surface area contributed by atoms with Crippen LogP contribution in [0.5, 0.6) is 0 Å². The van der Waals surface area contributed by atoms with Crippen LogP contribution in [0.2, 0.25) is 0 Å². The van der Waals surface area contributed by atoms with Crippen LogP contribution >= 0.6 is 0 Å². The number of carboxylic acids is 1. The van der Waals surface area contributed by atoms with Crippen LogP contribution in [0.25, 0.3) is 0 Å². The third-order valence-corrected chi connectivity index (χ3v) is 3.17. The van der Waals surface area contributed by atoms with Crippen LogP contribution in [0.1, 0.15) is 16.1 Å². The van der Waals surface area contributed by atoms with Gasteiger partial charge in [-0.1, -0.05) is 6.07 Å². The number of hydrazone groups is 1. The molecule has 1 aliphatic rings. The maximum atomic E-state index is 14.0. The number of rotatable bonds is 3. The maximum Gasteiger partial charge on any atom is 0.352 e. The van der Waals surface area contributed by atoms with Gasteiger partial charge < -0.3 is 10.1 Å². The monoisotopic (exact) mass is 307 g/mol. The van der Waals surface area contributed by atoms with Crippen LogP contribution in [0.15, 0.2) is 35.6 Å². The third kappa shape index (κ3) is 2.17. The predicted molar refractivity (Wildman–Crippen MR) is 74.2 cm³/mol. The van der Waals surface area contributed by atoms with Gasteiger partial charge in [0.25, 0.3) is 0 Å².